The van der Waals surface area contributed by atoms with Gasteiger partial charge in [0.1, 0.15) is 0 Å². The fourth-order valence-electron chi connectivity index (χ4n) is 2.64. The summed E-state index contributed by atoms with van der Waals surface area (Å²) in [7, 11) is -3.46. The van der Waals surface area contributed by atoms with E-state index in [1.54, 1.807) is 12.1 Å². The van der Waals surface area contributed by atoms with E-state index in [2.05, 4.69) is 0 Å². The number of morpholine rings is 1. The van der Waals surface area contributed by atoms with Crippen molar-refractivity contribution in [3.05, 3.63) is 65.7 Å². The SMILES string of the molecule is O=S(=O)(c1ccccc1Cc1ccccc1)N1CCOCC1. The molecular weight excluding hydrogens is 298 g/mol. The number of hydrogen-bond donors (Lipinski definition) is 0. The molecule has 0 saturated carbocycles. The summed E-state index contributed by atoms with van der Waals surface area (Å²) in [4.78, 5) is 0.403. The van der Waals surface area contributed by atoms with Crippen LogP contribution in [0.3, 0.4) is 0 Å². The van der Waals surface area contributed by atoms with Crippen molar-refractivity contribution in [1.82, 2.24) is 4.31 Å². The van der Waals surface area contributed by atoms with Gasteiger partial charge < -0.3 is 4.74 Å². The minimum atomic E-state index is -3.46. The maximum atomic E-state index is 12.9. The summed E-state index contributed by atoms with van der Waals surface area (Å²) in [6, 6.07) is 17.2. The Hall–Kier alpha value is -1.69. The van der Waals surface area contributed by atoms with Crippen LogP contribution in [0.5, 0.6) is 0 Å². The first kappa shape index (κ1) is 15.2. The topological polar surface area (TPSA) is 46.6 Å². The van der Waals surface area contributed by atoms with Crippen molar-refractivity contribution in [2.45, 2.75) is 11.3 Å². The number of sulfonamides is 1. The van der Waals surface area contributed by atoms with Crippen molar-refractivity contribution in [3.8, 4) is 0 Å². The van der Waals surface area contributed by atoms with Crippen LogP contribution in [0, 0.1) is 0 Å². The second-order valence-corrected chi connectivity index (χ2v) is 7.19. The van der Waals surface area contributed by atoms with Crippen molar-refractivity contribution < 1.29 is 13.2 Å². The normalized spacial score (nSPS) is 16.5. The molecule has 0 N–H and O–H groups in total. The van der Waals surface area contributed by atoms with Crippen LogP contribution in [0.1, 0.15) is 11.1 Å². The Morgan fingerprint density at radius 2 is 1.55 bits per heavy atom. The Balaban J connectivity index is 1.93. The molecule has 1 aliphatic rings. The van der Waals surface area contributed by atoms with Gasteiger partial charge in [-0.25, -0.2) is 8.42 Å². The number of ether oxygens (including phenoxy) is 1. The van der Waals surface area contributed by atoms with E-state index in [1.807, 2.05) is 42.5 Å². The van der Waals surface area contributed by atoms with Crippen molar-refractivity contribution in [1.29, 1.82) is 0 Å². The number of rotatable bonds is 4. The highest BCUT2D eigenvalue weighted by atomic mass is 32.2. The van der Waals surface area contributed by atoms with E-state index in [0.29, 0.717) is 37.6 Å². The lowest BCUT2D eigenvalue weighted by molar-refractivity contribution is 0.0730. The van der Waals surface area contributed by atoms with E-state index in [9.17, 15) is 8.42 Å². The Kier molecular flexibility index (Phi) is 4.57. The summed E-state index contributed by atoms with van der Waals surface area (Å²) in [5.74, 6) is 0. The third-order valence-corrected chi connectivity index (χ3v) is 5.80. The van der Waals surface area contributed by atoms with E-state index >= 15 is 0 Å². The second-order valence-electron chi connectivity index (χ2n) is 5.29. The molecule has 22 heavy (non-hydrogen) atoms. The van der Waals surface area contributed by atoms with Crippen LogP contribution in [0.2, 0.25) is 0 Å². The van der Waals surface area contributed by atoms with Crippen molar-refractivity contribution in [2.24, 2.45) is 0 Å². The van der Waals surface area contributed by atoms with Gasteiger partial charge in [-0.15, -0.1) is 0 Å². The van der Waals surface area contributed by atoms with E-state index in [-0.39, 0.29) is 0 Å². The lowest BCUT2D eigenvalue weighted by Gasteiger charge is -2.27. The predicted octanol–water partition coefficient (Wildman–Crippen LogP) is 2.30. The van der Waals surface area contributed by atoms with Gasteiger partial charge in [0.2, 0.25) is 10.0 Å². The largest absolute Gasteiger partial charge is 0.379 e. The second kappa shape index (κ2) is 6.60. The highest BCUT2D eigenvalue weighted by Gasteiger charge is 2.28. The zero-order valence-electron chi connectivity index (χ0n) is 12.3. The number of hydrogen-bond acceptors (Lipinski definition) is 3. The van der Waals surface area contributed by atoms with Crippen LogP contribution in [0.4, 0.5) is 0 Å². The third-order valence-electron chi connectivity index (χ3n) is 3.80. The molecular formula is C17H19NO3S. The van der Waals surface area contributed by atoms with Crippen LogP contribution >= 0.6 is 0 Å². The van der Waals surface area contributed by atoms with Gasteiger partial charge in [-0.2, -0.15) is 4.31 Å². The average Bonchev–Trinajstić information content (AvgIpc) is 2.57. The molecule has 0 unspecified atom stereocenters. The summed E-state index contributed by atoms with van der Waals surface area (Å²) >= 11 is 0. The quantitative estimate of drug-likeness (QED) is 0.869. The van der Waals surface area contributed by atoms with E-state index in [4.69, 9.17) is 4.74 Å². The number of benzene rings is 2. The van der Waals surface area contributed by atoms with Gasteiger partial charge in [-0.1, -0.05) is 48.5 Å². The van der Waals surface area contributed by atoms with Gasteiger partial charge in [0, 0.05) is 13.1 Å². The van der Waals surface area contributed by atoms with Crippen molar-refractivity contribution in [2.75, 3.05) is 26.3 Å². The smallest absolute Gasteiger partial charge is 0.243 e. The molecule has 1 aliphatic heterocycles. The Labute approximate surface area is 131 Å². The van der Waals surface area contributed by atoms with Crippen LogP contribution < -0.4 is 0 Å². The maximum absolute atomic E-state index is 12.9. The molecule has 0 amide bonds. The summed E-state index contributed by atoms with van der Waals surface area (Å²) in [6.07, 6.45) is 0.612. The van der Waals surface area contributed by atoms with Gasteiger partial charge in [0.15, 0.2) is 0 Å². The first-order valence-corrected chi connectivity index (χ1v) is 8.82. The monoisotopic (exact) mass is 317 g/mol. The minimum absolute atomic E-state index is 0.403. The fourth-order valence-corrected chi connectivity index (χ4v) is 4.27. The molecule has 1 heterocycles. The third kappa shape index (κ3) is 3.21. The molecule has 116 valence electrons. The fraction of sp³-hybridized carbons (Fsp3) is 0.294. The van der Waals surface area contributed by atoms with Gasteiger partial charge in [-0.3, -0.25) is 0 Å². The van der Waals surface area contributed by atoms with Gasteiger partial charge >= 0.3 is 0 Å². The van der Waals surface area contributed by atoms with Crippen LogP contribution in [-0.2, 0) is 21.2 Å². The average molecular weight is 317 g/mol. The lowest BCUT2D eigenvalue weighted by atomic mass is 10.1. The summed E-state index contributed by atoms with van der Waals surface area (Å²) in [5.41, 5.74) is 1.94. The van der Waals surface area contributed by atoms with Crippen molar-refractivity contribution in [3.63, 3.8) is 0 Å². The molecule has 0 aromatic heterocycles. The standard InChI is InChI=1S/C17H19NO3S/c19-22(20,18-10-12-21-13-11-18)17-9-5-4-8-16(17)14-15-6-2-1-3-7-15/h1-9H,10-14H2. The summed E-state index contributed by atoms with van der Waals surface area (Å²) < 4.78 is 32.5. The Morgan fingerprint density at radius 3 is 2.27 bits per heavy atom. The van der Waals surface area contributed by atoms with E-state index < -0.39 is 10.0 Å². The maximum Gasteiger partial charge on any atom is 0.243 e. The Bertz CT molecular complexity index is 723. The molecule has 0 spiro atoms. The molecule has 3 rings (SSSR count). The summed E-state index contributed by atoms with van der Waals surface area (Å²) in [5, 5.41) is 0. The zero-order chi connectivity index (χ0) is 15.4. The zero-order valence-corrected chi connectivity index (χ0v) is 13.1. The van der Waals surface area contributed by atoms with E-state index in [1.165, 1.54) is 4.31 Å². The molecule has 1 fully saturated rings. The van der Waals surface area contributed by atoms with Crippen molar-refractivity contribution >= 4 is 10.0 Å². The lowest BCUT2D eigenvalue weighted by Crippen LogP contribution is -2.40. The molecule has 1 saturated heterocycles. The summed E-state index contributed by atoms with van der Waals surface area (Å²) in [6.45, 7) is 1.75. The molecule has 0 atom stereocenters. The van der Waals surface area contributed by atoms with Gasteiger partial charge in [0.25, 0.3) is 0 Å². The molecule has 5 heteroatoms. The molecule has 2 aromatic carbocycles. The van der Waals surface area contributed by atoms with Gasteiger partial charge in [-0.05, 0) is 23.6 Å². The molecule has 2 aromatic rings. The Morgan fingerprint density at radius 1 is 0.909 bits per heavy atom. The highest BCUT2D eigenvalue weighted by molar-refractivity contribution is 7.89. The molecule has 0 radical (unpaired) electrons. The van der Waals surface area contributed by atoms with Crippen LogP contribution in [-0.4, -0.2) is 39.0 Å². The molecule has 0 aliphatic carbocycles. The predicted molar refractivity (Wildman–Crippen MR) is 85.3 cm³/mol. The number of nitrogens with zero attached hydrogens (tertiary/aromatic N) is 1. The van der Waals surface area contributed by atoms with Crippen LogP contribution in [0.25, 0.3) is 0 Å². The van der Waals surface area contributed by atoms with E-state index in [0.717, 1.165) is 11.1 Å². The van der Waals surface area contributed by atoms with Gasteiger partial charge in [0.05, 0.1) is 18.1 Å². The molecule has 4 nitrogen and oxygen atoms in total. The minimum Gasteiger partial charge on any atom is -0.379 e. The molecule has 0 bridgehead atoms. The first-order valence-electron chi connectivity index (χ1n) is 7.37. The first-order chi connectivity index (χ1) is 10.7. The van der Waals surface area contributed by atoms with Crippen LogP contribution in [0.15, 0.2) is 59.5 Å². The highest BCUT2D eigenvalue weighted by Crippen LogP contribution is 2.23.